The van der Waals surface area contributed by atoms with Gasteiger partial charge in [-0.25, -0.2) is 0 Å². The molecule has 3 heterocycles. The minimum absolute atomic E-state index is 0.0666. The van der Waals surface area contributed by atoms with Crippen molar-refractivity contribution in [1.29, 1.82) is 0 Å². The van der Waals surface area contributed by atoms with E-state index < -0.39 is 0 Å². The lowest BCUT2D eigenvalue weighted by atomic mass is 9.82. The minimum Gasteiger partial charge on any atom is -0.396 e. The van der Waals surface area contributed by atoms with Crippen molar-refractivity contribution in [3.05, 3.63) is 52.2 Å². The number of anilines is 1. The summed E-state index contributed by atoms with van der Waals surface area (Å²) in [7, 11) is 0. The van der Waals surface area contributed by atoms with Gasteiger partial charge in [-0.3, -0.25) is 4.79 Å². The number of hydrogen-bond donors (Lipinski definition) is 2. The first-order valence-corrected chi connectivity index (χ1v) is 11.4. The van der Waals surface area contributed by atoms with Gasteiger partial charge < -0.3 is 20.2 Å². The lowest BCUT2D eigenvalue weighted by Crippen LogP contribution is -2.39. The third kappa shape index (κ3) is 4.20. The first-order chi connectivity index (χ1) is 14.0. The molecule has 1 amide bonds. The van der Waals surface area contributed by atoms with Crippen LogP contribution in [0.1, 0.15) is 29.1 Å². The molecule has 0 aliphatic carbocycles. The molecule has 2 aromatic rings. The number of nitrogens with zero attached hydrogens (tertiary/aromatic N) is 2. The standard InChI is InChI=1S/C23H31N3O2S/c1-17(2)11-25-12-18-13-26(15-23(18,14-25)16-27)22(28)20-7-3-4-8-21(20)24-10-19-6-5-9-29-19/h3-9,17-18,24,27H,10-16H2,1-2H3. The summed E-state index contributed by atoms with van der Waals surface area (Å²) in [6, 6.07) is 11.9. The van der Waals surface area contributed by atoms with Crippen LogP contribution in [0.3, 0.4) is 0 Å². The summed E-state index contributed by atoms with van der Waals surface area (Å²) in [4.78, 5) is 19.0. The van der Waals surface area contributed by atoms with E-state index in [4.69, 9.17) is 0 Å². The Balaban J connectivity index is 1.46. The number of hydrogen-bond acceptors (Lipinski definition) is 5. The second-order valence-electron chi connectivity index (χ2n) is 8.97. The Morgan fingerprint density at radius 2 is 2.07 bits per heavy atom. The monoisotopic (exact) mass is 413 g/mol. The number of likely N-dealkylation sites (tertiary alicyclic amines) is 2. The van der Waals surface area contributed by atoms with Crippen molar-refractivity contribution in [2.45, 2.75) is 20.4 Å². The van der Waals surface area contributed by atoms with E-state index in [9.17, 15) is 9.90 Å². The predicted molar refractivity (Wildman–Crippen MR) is 118 cm³/mol. The van der Waals surface area contributed by atoms with Gasteiger partial charge in [0, 0.05) is 55.2 Å². The molecule has 1 aromatic carbocycles. The van der Waals surface area contributed by atoms with E-state index in [2.05, 4.69) is 35.5 Å². The van der Waals surface area contributed by atoms with Crippen molar-refractivity contribution < 1.29 is 9.90 Å². The van der Waals surface area contributed by atoms with Crippen molar-refractivity contribution in [3.8, 4) is 0 Å². The van der Waals surface area contributed by atoms with Crippen LogP contribution in [0.5, 0.6) is 0 Å². The highest BCUT2D eigenvalue weighted by Gasteiger charge is 2.53. The molecule has 2 atom stereocenters. The summed E-state index contributed by atoms with van der Waals surface area (Å²) in [5, 5.41) is 15.7. The number of nitrogens with one attached hydrogen (secondary N) is 1. The molecule has 2 saturated heterocycles. The van der Waals surface area contributed by atoms with E-state index >= 15 is 0 Å². The lowest BCUT2D eigenvalue weighted by molar-refractivity contribution is 0.0718. The number of aliphatic hydroxyl groups is 1. The van der Waals surface area contributed by atoms with E-state index in [-0.39, 0.29) is 17.9 Å². The Labute approximate surface area is 177 Å². The number of fused-ring (bicyclic) bond motifs is 1. The van der Waals surface area contributed by atoms with Crippen LogP contribution in [0.25, 0.3) is 0 Å². The number of aliphatic hydroxyl groups excluding tert-OH is 1. The van der Waals surface area contributed by atoms with Gasteiger partial charge in [0.05, 0.1) is 12.2 Å². The third-order valence-electron chi connectivity index (χ3n) is 6.25. The Morgan fingerprint density at radius 3 is 2.76 bits per heavy atom. The highest BCUT2D eigenvalue weighted by molar-refractivity contribution is 7.09. The van der Waals surface area contributed by atoms with Crippen LogP contribution in [0, 0.1) is 17.3 Å². The molecule has 0 spiro atoms. The molecule has 6 heteroatoms. The fourth-order valence-electron chi connectivity index (χ4n) is 4.91. The van der Waals surface area contributed by atoms with Crippen molar-refractivity contribution >= 4 is 22.9 Å². The molecular weight excluding hydrogens is 382 g/mol. The highest BCUT2D eigenvalue weighted by Crippen LogP contribution is 2.43. The Hall–Kier alpha value is -1.89. The Morgan fingerprint density at radius 1 is 1.24 bits per heavy atom. The molecule has 0 bridgehead atoms. The number of thiophene rings is 1. The fourth-order valence-corrected chi connectivity index (χ4v) is 5.56. The van der Waals surface area contributed by atoms with Gasteiger partial charge in [0.15, 0.2) is 0 Å². The quantitative estimate of drug-likeness (QED) is 0.731. The zero-order valence-corrected chi connectivity index (χ0v) is 18.1. The van der Waals surface area contributed by atoms with Crippen LogP contribution < -0.4 is 5.32 Å². The number of benzene rings is 1. The van der Waals surface area contributed by atoms with Crippen molar-refractivity contribution in [2.75, 3.05) is 44.6 Å². The van der Waals surface area contributed by atoms with Gasteiger partial charge in [-0.2, -0.15) is 0 Å². The predicted octanol–water partition coefficient (Wildman–Crippen LogP) is 3.38. The summed E-state index contributed by atoms with van der Waals surface area (Å²) in [6.07, 6.45) is 0. The number of amides is 1. The van der Waals surface area contributed by atoms with Crippen LogP contribution >= 0.6 is 11.3 Å². The van der Waals surface area contributed by atoms with E-state index in [0.29, 0.717) is 18.4 Å². The van der Waals surface area contributed by atoms with Gasteiger partial charge in [-0.1, -0.05) is 32.0 Å². The molecule has 29 heavy (non-hydrogen) atoms. The van der Waals surface area contributed by atoms with E-state index in [1.165, 1.54) is 4.88 Å². The molecule has 1 aromatic heterocycles. The van der Waals surface area contributed by atoms with Crippen LogP contribution in [0.2, 0.25) is 0 Å². The first kappa shape index (κ1) is 20.4. The number of carbonyl (C=O) groups is 1. The van der Waals surface area contributed by atoms with Gasteiger partial charge in [0.2, 0.25) is 0 Å². The smallest absolute Gasteiger partial charge is 0.255 e. The average molecular weight is 414 g/mol. The molecule has 2 fully saturated rings. The van der Waals surface area contributed by atoms with Crippen LogP contribution in [-0.2, 0) is 6.54 Å². The molecule has 2 N–H and O–H groups in total. The summed E-state index contributed by atoms with van der Waals surface area (Å²) >= 11 is 1.71. The van der Waals surface area contributed by atoms with Crippen molar-refractivity contribution in [2.24, 2.45) is 17.3 Å². The zero-order valence-electron chi connectivity index (χ0n) is 17.3. The summed E-state index contributed by atoms with van der Waals surface area (Å²) < 4.78 is 0. The second kappa shape index (κ2) is 8.46. The van der Waals surface area contributed by atoms with Gasteiger partial charge in [-0.15, -0.1) is 11.3 Å². The maximum Gasteiger partial charge on any atom is 0.255 e. The van der Waals surface area contributed by atoms with Gasteiger partial charge in [0.25, 0.3) is 5.91 Å². The zero-order chi connectivity index (χ0) is 20.4. The van der Waals surface area contributed by atoms with Crippen LogP contribution in [0.4, 0.5) is 5.69 Å². The number of para-hydroxylation sites is 1. The largest absolute Gasteiger partial charge is 0.396 e. The number of rotatable bonds is 7. The van der Waals surface area contributed by atoms with Crippen molar-refractivity contribution in [1.82, 2.24) is 9.80 Å². The summed E-state index contributed by atoms with van der Waals surface area (Å²) in [5.74, 6) is 1.03. The topological polar surface area (TPSA) is 55.8 Å². The van der Waals surface area contributed by atoms with Crippen molar-refractivity contribution in [3.63, 3.8) is 0 Å². The fraction of sp³-hybridized carbons (Fsp3) is 0.522. The normalized spacial score (nSPS) is 24.3. The van der Waals surface area contributed by atoms with E-state index in [1.54, 1.807) is 11.3 Å². The van der Waals surface area contributed by atoms with E-state index in [0.717, 1.165) is 44.0 Å². The Kier molecular flexibility index (Phi) is 5.95. The molecule has 2 unspecified atom stereocenters. The van der Waals surface area contributed by atoms with Gasteiger partial charge in [-0.05, 0) is 35.4 Å². The molecule has 4 rings (SSSR count). The number of carbonyl (C=O) groups excluding carboxylic acids is 1. The van der Waals surface area contributed by atoms with Gasteiger partial charge >= 0.3 is 0 Å². The van der Waals surface area contributed by atoms with Crippen LogP contribution in [0.15, 0.2) is 41.8 Å². The third-order valence-corrected chi connectivity index (χ3v) is 7.12. The summed E-state index contributed by atoms with van der Waals surface area (Å²) in [5.41, 5.74) is 1.42. The molecule has 2 aliphatic heterocycles. The summed E-state index contributed by atoms with van der Waals surface area (Å²) in [6.45, 7) is 9.61. The molecule has 156 valence electrons. The maximum atomic E-state index is 13.4. The highest BCUT2D eigenvalue weighted by atomic mass is 32.1. The average Bonchev–Trinajstić information content (AvgIpc) is 3.40. The molecule has 0 radical (unpaired) electrons. The molecule has 2 aliphatic rings. The van der Waals surface area contributed by atoms with E-state index in [1.807, 2.05) is 35.2 Å². The first-order valence-electron chi connectivity index (χ1n) is 10.5. The second-order valence-corrected chi connectivity index (χ2v) is 10.0. The van der Waals surface area contributed by atoms with Gasteiger partial charge in [0.1, 0.15) is 0 Å². The molecule has 5 nitrogen and oxygen atoms in total. The van der Waals surface area contributed by atoms with Crippen LogP contribution in [-0.4, -0.2) is 60.1 Å². The molecule has 0 saturated carbocycles. The minimum atomic E-state index is -0.177. The maximum absolute atomic E-state index is 13.4. The molecular formula is C23H31N3O2S. The SMILES string of the molecule is CC(C)CN1CC2CN(C(=O)c3ccccc3NCc3cccs3)CC2(CO)C1. The lowest BCUT2D eigenvalue weighted by Gasteiger charge is -2.28. The Bertz CT molecular complexity index is 838.